The Bertz CT molecular complexity index is 659. The van der Waals surface area contributed by atoms with Gasteiger partial charge in [0.05, 0.1) is 19.8 Å². The molecule has 2 rings (SSSR count). The van der Waals surface area contributed by atoms with Crippen LogP contribution in [0.2, 0.25) is 0 Å². The summed E-state index contributed by atoms with van der Waals surface area (Å²) in [5, 5.41) is 7.79. The Morgan fingerprint density at radius 2 is 2.23 bits per heavy atom. The summed E-state index contributed by atoms with van der Waals surface area (Å²) in [5.41, 5.74) is 7.15. The highest BCUT2D eigenvalue weighted by atomic mass is 19.4. The van der Waals surface area contributed by atoms with Crippen LogP contribution in [0.3, 0.4) is 0 Å². The number of nitrogens with one attached hydrogen (secondary N) is 1. The second-order valence-corrected chi connectivity index (χ2v) is 5.58. The lowest BCUT2D eigenvalue weighted by atomic mass is 10.1. The molecule has 26 heavy (non-hydrogen) atoms. The molecular weight excluding hydrogens is 355 g/mol. The van der Waals surface area contributed by atoms with Gasteiger partial charge in [-0.15, -0.1) is 0 Å². The summed E-state index contributed by atoms with van der Waals surface area (Å²) in [6.45, 7) is 1.80. The molecule has 1 fully saturated rings. The number of alkyl halides is 3. The van der Waals surface area contributed by atoms with Crippen molar-refractivity contribution in [2.24, 2.45) is 5.73 Å². The van der Waals surface area contributed by atoms with Gasteiger partial charge in [-0.25, -0.2) is 4.98 Å². The number of hydrogen-bond donors (Lipinski definition) is 2. The molecule has 1 aromatic rings. The SMILES string of the molecule is Cc1cc(OCC(F)(F)F)ncc1/C(N)=C/C(=N)OCC1COCCO1. The average molecular weight is 375 g/mol. The lowest BCUT2D eigenvalue weighted by molar-refractivity contribution is -0.154. The van der Waals surface area contributed by atoms with E-state index in [0.717, 1.165) is 0 Å². The summed E-state index contributed by atoms with van der Waals surface area (Å²) >= 11 is 0. The molecule has 2 heterocycles. The smallest absolute Gasteiger partial charge is 0.422 e. The molecule has 1 aliphatic rings. The summed E-state index contributed by atoms with van der Waals surface area (Å²) in [4.78, 5) is 3.80. The molecule has 3 N–H and O–H groups in total. The number of nitrogens with two attached hydrogens (primary N) is 1. The van der Waals surface area contributed by atoms with Crippen molar-refractivity contribution in [2.45, 2.75) is 19.2 Å². The van der Waals surface area contributed by atoms with E-state index in [0.29, 0.717) is 30.9 Å². The van der Waals surface area contributed by atoms with E-state index in [1.165, 1.54) is 18.3 Å². The molecule has 0 bridgehead atoms. The van der Waals surface area contributed by atoms with Gasteiger partial charge in [0.25, 0.3) is 0 Å². The molecule has 0 spiro atoms. The van der Waals surface area contributed by atoms with Crippen molar-refractivity contribution in [1.29, 1.82) is 5.41 Å². The normalized spacial score (nSPS) is 18.5. The molecule has 0 aliphatic carbocycles. The Kier molecular flexibility index (Phi) is 6.81. The van der Waals surface area contributed by atoms with Crippen LogP contribution < -0.4 is 10.5 Å². The van der Waals surface area contributed by atoms with Crippen molar-refractivity contribution < 1.29 is 32.1 Å². The van der Waals surface area contributed by atoms with Gasteiger partial charge >= 0.3 is 6.18 Å². The minimum atomic E-state index is -4.44. The largest absolute Gasteiger partial charge is 0.475 e. The van der Waals surface area contributed by atoms with Crippen LogP contribution in [0.15, 0.2) is 18.3 Å². The van der Waals surface area contributed by atoms with Crippen molar-refractivity contribution in [1.82, 2.24) is 4.98 Å². The third kappa shape index (κ3) is 6.52. The van der Waals surface area contributed by atoms with E-state index in [1.807, 2.05) is 0 Å². The van der Waals surface area contributed by atoms with E-state index in [-0.39, 0.29) is 30.2 Å². The third-order valence-corrected chi connectivity index (χ3v) is 3.38. The lowest BCUT2D eigenvalue weighted by Crippen LogP contribution is -2.33. The number of halogens is 3. The minimum Gasteiger partial charge on any atom is -0.475 e. The predicted octanol–water partition coefficient (Wildman–Crippen LogP) is 2.04. The molecule has 0 amide bonds. The first-order chi connectivity index (χ1) is 12.2. The van der Waals surface area contributed by atoms with E-state index < -0.39 is 12.8 Å². The Morgan fingerprint density at radius 3 is 2.85 bits per heavy atom. The summed E-state index contributed by atoms with van der Waals surface area (Å²) in [5.74, 6) is -0.328. The van der Waals surface area contributed by atoms with Crippen LogP contribution in [0.4, 0.5) is 13.2 Å². The molecule has 1 aromatic heterocycles. The molecule has 1 unspecified atom stereocenters. The number of rotatable bonds is 6. The van der Waals surface area contributed by atoms with Crippen LogP contribution in [0.1, 0.15) is 11.1 Å². The standard InChI is InChI=1S/C16H20F3N3O4/c1-10-4-15(26-9-16(17,18)19)22-6-12(10)13(20)5-14(21)25-8-11-7-23-2-3-24-11/h4-6,11,21H,2-3,7-9,20H2,1H3/b13-5-,21-14?. The minimum absolute atomic E-state index is 0.155. The van der Waals surface area contributed by atoms with Crippen molar-refractivity contribution >= 4 is 11.6 Å². The highest BCUT2D eigenvalue weighted by Gasteiger charge is 2.28. The van der Waals surface area contributed by atoms with Gasteiger partial charge in [-0.3, -0.25) is 5.41 Å². The number of pyridine rings is 1. The molecule has 1 atom stereocenters. The van der Waals surface area contributed by atoms with Gasteiger partial charge < -0.3 is 24.7 Å². The average Bonchev–Trinajstić information content (AvgIpc) is 2.58. The van der Waals surface area contributed by atoms with Crippen LogP contribution in [0.25, 0.3) is 5.70 Å². The topological polar surface area (TPSA) is 99.7 Å². The monoisotopic (exact) mass is 375 g/mol. The molecule has 10 heteroatoms. The fraction of sp³-hybridized carbons (Fsp3) is 0.500. The third-order valence-electron chi connectivity index (χ3n) is 3.38. The molecule has 1 aliphatic heterocycles. The van der Waals surface area contributed by atoms with Gasteiger partial charge in [-0.05, 0) is 12.5 Å². The molecule has 1 saturated heterocycles. The number of aryl methyl sites for hydroxylation is 1. The van der Waals surface area contributed by atoms with Gasteiger partial charge in [-0.1, -0.05) is 0 Å². The number of hydrogen-bond acceptors (Lipinski definition) is 7. The van der Waals surface area contributed by atoms with E-state index in [1.54, 1.807) is 6.92 Å². The van der Waals surface area contributed by atoms with Crippen LogP contribution in [-0.4, -0.2) is 56.2 Å². The van der Waals surface area contributed by atoms with Gasteiger partial charge in [0.2, 0.25) is 11.8 Å². The van der Waals surface area contributed by atoms with Crippen molar-refractivity contribution in [2.75, 3.05) is 33.0 Å². The zero-order valence-corrected chi connectivity index (χ0v) is 14.1. The van der Waals surface area contributed by atoms with Crippen LogP contribution >= 0.6 is 0 Å². The number of nitrogens with zero attached hydrogens (tertiary/aromatic N) is 1. The highest BCUT2D eigenvalue weighted by Crippen LogP contribution is 2.21. The summed E-state index contributed by atoms with van der Waals surface area (Å²) in [6, 6.07) is 1.35. The molecular formula is C16H20F3N3O4. The van der Waals surface area contributed by atoms with Gasteiger partial charge in [0.15, 0.2) is 6.61 Å². The fourth-order valence-electron chi connectivity index (χ4n) is 2.14. The summed E-state index contributed by atoms with van der Waals surface area (Å²) in [6.07, 6.45) is -2.10. The maximum atomic E-state index is 12.2. The van der Waals surface area contributed by atoms with E-state index in [4.69, 9.17) is 25.4 Å². The van der Waals surface area contributed by atoms with Crippen LogP contribution in [0.5, 0.6) is 5.88 Å². The first kappa shape index (κ1) is 20.0. The van der Waals surface area contributed by atoms with Gasteiger partial charge in [0.1, 0.15) is 12.7 Å². The number of aromatic nitrogens is 1. The van der Waals surface area contributed by atoms with Crippen molar-refractivity contribution in [3.63, 3.8) is 0 Å². The zero-order valence-electron chi connectivity index (χ0n) is 14.1. The second-order valence-electron chi connectivity index (χ2n) is 5.58. The second kappa shape index (κ2) is 8.86. The Hall–Kier alpha value is -2.33. The maximum absolute atomic E-state index is 12.2. The summed E-state index contributed by atoms with van der Waals surface area (Å²) in [7, 11) is 0. The molecule has 0 aromatic carbocycles. The Balaban J connectivity index is 1.93. The van der Waals surface area contributed by atoms with Crippen LogP contribution in [0, 0.1) is 12.3 Å². The zero-order chi connectivity index (χ0) is 19.2. The molecule has 7 nitrogen and oxygen atoms in total. The highest BCUT2D eigenvalue weighted by molar-refractivity contribution is 5.92. The van der Waals surface area contributed by atoms with Crippen LogP contribution in [-0.2, 0) is 14.2 Å². The van der Waals surface area contributed by atoms with E-state index in [2.05, 4.69) is 9.72 Å². The summed E-state index contributed by atoms with van der Waals surface area (Å²) < 4.78 is 57.0. The van der Waals surface area contributed by atoms with E-state index in [9.17, 15) is 13.2 Å². The Morgan fingerprint density at radius 1 is 1.46 bits per heavy atom. The van der Waals surface area contributed by atoms with Crippen molar-refractivity contribution in [3.05, 3.63) is 29.5 Å². The number of ether oxygens (including phenoxy) is 4. The predicted molar refractivity (Wildman–Crippen MR) is 86.9 cm³/mol. The lowest BCUT2D eigenvalue weighted by Gasteiger charge is -2.22. The molecule has 0 saturated carbocycles. The van der Waals surface area contributed by atoms with Gasteiger partial charge in [0, 0.05) is 29.6 Å². The maximum Gasteiger partial charge on any atom is 0.422 e. The quantitative estimate of drug-likeness (QED) is 0.583. The Labute approximate surface area is 148 Å². The molecule has 144 valence electrons. The first-order valence-corrected chi connectivity index (χ1v) is 7.79. The first-order valence-electron chi connectivity index (χ1n) is 7.79. The van der Waals surface area contributed by atoms with E-state index >= 15 is 0 Å². The molecule has 0 radical (unpaired) electrons. The van der Waals surface area contributed by atoms with Gasteiger partial charge in [-0.2, -0.15) is 13.2 Å². The van der Waals surface area contributed by atoms with Crippen molar-refractivity contribution in [3.8, 4) is 5.88 Å². The fourth-order valence-corrected chi connectivity index (χ4v) is 2.14.